The van der Waals surface area contributed by atoms with Crippen LogP contribution in [0.25, 0.3) is 0 Å². The van der Waals surface area contributed by atoms with Crippen molar-refractivity contribution >= 4 is 16.0 Å². The quantitative estimate of drug-likeness (QED) is 0.460. The molecule has 8 heteroatoms. The number of rotatable bonds is 9. The molecule has 0 unspecified atom stereocenters. The van der Waals surface area contributed by atoms with Crippen LogP contribution in [0.4, 0.5) is 0 Å². The summed E-state index contributed by atoms with van der Waals surface area (Å²) < 4.78 is 28.5. The van der Waals surface area contributed by atoms with Crippen molar-refractivity contribution < 1.29 is 8.42 Å². The zero-order valence-electron chi connectivity index (χ0n) is 12.4. The molecular formula is C13H23N5O2S. The Kier molecular flexibility index (Phi) is 6.73. The summed E-state index contributed by atoms with van der Waals surface area (Å²) in [7, 11) is -3.61. The van der Waals surface area contributed by atoms with E-state index >= 15 is 0 Å². The van der Waals surface area contributed by atoms with E-state index in [1.165, 1.54) is 4.31 Å². The normalized spacial score (nSPS) is 12.0. The number of nitrogens with two attached hydrogens (primary N) is 1. The largest absolute Gasteiger partial charge is 0.388 e. The van der Waals surface area contributed by atoms with Crippen LogP contribution < -0.4 is 10.5 Å². The molecule has 0 saturated heterocycles. The van der Waals surface area contributed by atoms with E-state index in [9.17, 15) is 8.42 Å². The topological polar surface area (TPSA) is 112 Å². The monoisotopic (exact) mass is 313 g/mol. The van der Waals surface area contributed by atoms with E-state index in [2.05, 4.69) is 9.71 Å². The standard InChI is InChI=1S/C13H23N5O2S/c1-11(2)8-17-21(19,20)18(7-5-13(14)15)10-12-4-3-6-16-9-12/h3-4,6,9,11,17H,5,7-8,10H2,1-2H3,(H3,14,15). The Bertz CT molecular complexity index is 545. The molecule has 7 nitrogen and oxygen atoms in total. The van der Waals surface area contributed by atoms with Gasteiger partial charge in [-0.05, 0) is 17.5 Å². The predicted octanol–water partition coefficient (Wildman–Crippen LogP) is 0.700. The highest BCUT2D eigenvalue weighted by Crippen LogP contribution is 2.08. The number of nitrogens with zero attached hydrogens (tertiary/aromatic N) is 2. The van der Waals surface area contributed by atoms with Crippen molar-refractivity contribution in [3.63, 3.8) is 0 Å². The average Bonchev–Trinajstić information content (AvgIpc) is 2.42. The van der Waals surface area contributed by atoms with Crippen molar-refractivity contribution in [2.45, 2.75) is 26.8 Å². The second-order valence-corrected chi connectivity index (χ2v) is 6.97. The Hall–Kier alpha value is -1.51. The maximum atomic E-state index is 12.3. The first-order valence-corrected chi connectivity index (χ1v) is 8.22. The third-order valence-corrected chi connectivity index (χ3v) is 4.25. The third-order valence-electron chi connectivity index (χ3n) is 2.73. The summed E-state index contributed by atoms with van der Waals surface area (Å²) >= 11 is 0. The molecule has 0 amide bonds. The van der Waals surface area contributed by atoms with Gasteiger partial charge in [0.15, 0.2) is 0 Å². The van der Waals surface area contributed by atoms with Crippen LogP contribution in [0.5, 0.6) is 0 Å². The van der Waals surface area contributed by atoms with Gasteiger partial charge in [0.05, 0.1) is 5.84 Å². The maximum absolute atomic E-state index is 12.3. The molecule has 1 heterocycles. The SMILES string of the molecule is CC(C)CNS(=O)(=O)N(CCC(=N)N)Cc1cccnc1. The van der Waals surface area contributed by atoms with Crippen LogP contribution in [0, 0.1) is 11.3 Å². The van der Waals surface area contributed by atoms with Crippen molar-refractivity contribution in [3.05, 3.63) is 30.1 Å². The Morgan fingerprint density at radius 3 is 2.76 bits per heavy atom. The summed E-state index contributed by atoms with van der Waals surface area (Å²) in [5, 5.41) is 7.27. The third kappa shape index (κ3) is 6.65. The van der Waals surface area contributed by atoms with E-state index in [1.807, 2.05) is 19.9 Å². The highest BCUT2D eigenvalue weighted by Gasteiger charge is 2.22. The minimum Gasteiger partial charge on any atom is -0.388 e. The fourth-order valence-electron chi connectivity index (χ4n) is 1.59. The molecule has 0 aromatic carbocycles. The van der Waals surface area contributed by atoms with Crippen LogP contribution in [-0.4, -0.2) is 36.6 Å². The van der Waals surface area contributed by atoms with Gasteiger partial charge in [-0.25, -0.2) is 4.72 Å². The number of pyridine rings is 1. The molecule has 1 aromatic rings. The maximum Gasteiger partial charge on any atom is 0.279 e. The highest BCUT2D eigenvalue weighted by atomic mass is 32.2. The van der Waals surface area contributed by atoms with Gasteiger partial charge in [0.2, 0.25) is 0 Å². The Labute approximate surface area is 126 Å². The lowest BCUT2D eigenvalue weighted by Crippen LogP contribution is -2.42. The molecule has 0 aliphatic carbocycles. The number of hydrogen-bond acceptors (Lipinski definition) is 4. The Morgan fingerprint density at radius 2 is 2.24 bits per heavy atom. The van der Waals surface area contributed by atoms with Crippen molar-refractivity contribution in [1.82, 2.24) is 14.0 Å². The first-order valence-electron chi connectivity index (χ1n) is 6.78. The molecule has 0 bridgehead atoms. The summed E-state index contributed by atoms with van der Waals surface area (Å²) in [6.45, 7) is 4.60. The van der Waals surface area contributed by atoms with Crippen LogP contribution in [0.15, 0.2) is 24.5 Å². The summed E-state index contributed by atoms with van der Waals surface area (Å²) in [6.07, 6.45) is 3.45. The molecule has 21 heavy (non-hydrogen) atoms. The van der Waals surface area contributed by atoms with Crippen molar-refractivity contribution in [1.29, 1.82) is 5.41 Å². The smallest absolute Gasteiger partial charge is 0.279 e. The zero-order valence-corrected chi connectivity index (χ0v) is 13.2. The Balaban J connectivity index is 2.82. The molecule has 4 N–H and O–H groups in total. The van der Waals surface area contributed by atoms with Gasteiger partial charge in [0, 0.05) is 38.4 Å². The number of amidine groups is 1. The van der Waals surface area contributed by atoms with E-state index in [1.54, 1.807) is 18.5 Å². The van der Waals surface area contributed by atoms with Gasteiger partial charge in [-0.2, -0.15) is 12.7 Å². The molecule has 1 rings (SSSR count). The number of hydrogen-bond donors (Lipinski definition) is 3. The van der Waals surface area contributed by atoms with E-state index < -0.39 is 10.2 Å². The van der Waals surface area contributed by atoms with Gasteiger partial charge >= 0.3 is 0 Å². The molecular weight excluding hydrogens is 290 g/mol. The van der Waals surface area contributed by atoms with Crippen LogP contribution in [-0.2, 0) is 16.8 Å². The lowest BCUT2D eigenvalue weighted by molar-refractivity contribution is 0.402. The second kappa shape index (κ2) is 8.06. The molecule has 0 spiro atoms. The lowest BCUT2D eigenvalue weighted by Gasteiger charge is -2.22. The Morgan fingerprint density at radius 1 is 1.52 bits per heavy atom. The van der Waals surface area contributed by atoms with Crippen molar-refractivity contribution in [2.75, 3.05) is 13.1 Å². The first kappa shape index (κ1) is 17.5. The van der Waals surface area contributed by atoms with E-state index in [0.717, 1.165) is 5.56 Å². The van der Waals surface area contributed by atoms with Crippen LogP contribution >= 0.6 is 0 Å². The summed E-state index contributed by atoms with van der Waals surface area (Å²) in [4.78, 5) is 3.98. The summed E-state index contributed by atoms with van der Waals surface area (Å²) in [5.41, 5.74) is 6.12. The fraction of sp³-hybridized carbons (Fsp3) is 0.538. The van der Waals surface area contributed by atoms with Gasteiger partial charge in [0.25, 0.3) is 10.2 Å². The van der Waals surface area contributed by atoms with E-state index in [0.29, 0.717) is 6.54 Å². The van der Waals surface area contributed by atoms with Gasteiger partial charge in [-0.15, -0.1) is 0 Å². The highest BCUT2D eigenvalue weighted by molar-refractivity contribution is 7.87. The molecule has 0 fully saturated rings. The van der Waals surface area contributed by atoms with Gasteiger partial charge in [-0.3, -0.25) is 10.4 Å². The van der Waals surface area contributed by atoms with Gasteiger partial charge in [-0.1, -0.05) is 19.9 Å². The van der Waals surface area contributed by atoms with Gasteiger partial charge in [0.1, 0.15) is 0 Å². The molecule has 1 aromatic heterocycles. The fourth-order valence-corrected chi connectivity index (χ4v) is 2.97. The van der Waals surface area contributed by atoms with Crippen LogP contribution in [0.1, 0.15) is 25.8 Å². The van der Waals surface area contributed by atoms with Crippen LogP contribution in [0.2, 0.25) is 0 Å². The van der Waals surface area contributed by atoms with Crippen LogP contribution in [0.3, 0.4) is 0 Å². The first-order chi connectivity index (χ1) is 9.81. The second-order valence-electron chi connectivity index (χ2n) is 5.22. The molecule has 0 aliphatic heterocycles. The van der Waals surface area contributed by atoms with E-state index in [-0.39, 0.29) is 31.3 Å². The zero-order chi connectivity index (χ0) is 15.9. The average molecular weight is 313 g/mol. The predicted molar refractivity (Wildman–Crippen MR) is 82.9 cm³/mol. The number of aromatic nitrogens is 1. The summed E-state index contributed by atoms with van der Waals surface area (Å²) in [6, 6.07) is 3.57. The lowest BCUT2D eigenvalue weighted by atomic mass is 10.2. The molecule has 118 valence electrons. The summed E-state index contributed by atoms with van der Waals surface area (Å²) in [5.74, 6) is 0.179. The molecule has 0 radical (unpaired) electrons. The van der Waals surface area contributed by atoms with Crippen molar-refractivity contribution in [2.24, 2.45) is 11.7 Å². The van der Waals surface area contributed by atoms with Gasteiger partial charge < -0.3 is 5.73 Å². The van der Waals surface area contributed by atoms with Crippen molar-refractivity contribution in [3.8, 4) is 0 Å². The minimum atomic E-state index is -3.61. The number of nitrogens with one attached hydrogen (secondary N) is 2. The molecule has 0 saturated carbocycles. The van der Waals surface area contributed by atoms with E-state index in [4.69, 9.17) is 11.1 Å². The molecule has 0 atom stereocenters. The minimum absolute atomic E-state index is 0.0368. The molecule has 0 aliphatic rings.